The van der Waals surface area contributed by atoms with Gasteiger partial charge in [0.15, 0.2) is 0 Å². The van der Waals surface area contributed by atoms with E-state index < -0.39 is 0 Å². The van der Waals surface area contributed by atoms with Crippen LogP contribution in [-0.4, -0.2) is 50.4 Å². The number of hydrogen-bond donors (Lipinski definition) is 1. The lowest BCUT2D eigenvalue weighted by Crippen LogP contribution is -2.54. The summed E-state index contributed by atoms with van der Waals surface area (Å²) in [5, 5.41) is 3.15. The summed E-state index contributed by atoms with van der Waals surface area (Å²) >= 11 is 0. The van der Waals surface area contributed by atoms with E-state index in [2.05, 4.69) is 36.2 Å². The Morgan fingerprint density at radius 1 is 1.40 bits per heavy atom. The quantitative estimate of drug-likeness (QED) is 0.861. The van der Waals surface area contributed by atoms with E-state index in [1.807, 2.05) is 19.2 Å². The Hall–Kier alpha value is -1.10. The first-order valence-electron chi connectivity index (χ1n) is 7.31. The Labute approximate surface area is 122 Å². The van der Waals surface area contributed by atoms with Gasteiger partial charge in [0.25, 0.3) is 0 Å². The predicted molar refractivity (Wildman–Crippen MR) is 81.2 cm³/mol. The smallest absolute Gasteiger partial charge is 0.119 e. The van der Waals surface area contributed by atoms with E-state index in [1.165, 1.54) is 5.56 Å². The summed E-state index contributed by atoms with van der Waals surface area (Å²) in [6.45, 7) is 9.56. The van der Waals surface area contributed by atoms with Crippen LogP contribution in [-0.2, 0) is 11.3 Å². The minimum atomic E-state index is 0.107. The Bertz CT molecular complexity index is 421. The van der Waals surface area contributed by atoms with Gasteiger partial charge in [-0.2, -0.15) is 0 Å². The van der Waals surface area contributed by atoms with Crippen molar-refractivity contribution in [1.82, 2.24) is 10.2 Å². The molecule has 1 fully saturated rings. The first kappa shape index (κ1) is 15.3. The average Bonchev–Trinajstić information content (AvgIpc) is 2.41. The molecule has 0 bridgehead atoms. The third-order valence-electron chi connectivity index (χ3n) is 3.73. The Morgan fingerprint density at radius 3 is 3.00 bits per heavy atom. The molecule has 0 aromatic heterocycles. The molecule has 2 rings (SSSR count). The molecule has 112 valence electrons. The maximum Gasteiger partial charge on any atom is 0.119 e. The molecule has 0 unspecified atom stereocenters. The summed E-state index contributed by atoms with van der Waals surface area (Å²) in [6.07, 6.45) is 0. The normalized spacial score (nSPS) is 18.9. The third-order valence-corrected chi connectivity index (χ3v) is 3.73. The molecule has 1 heterocycles. The van der Waals surface area contributed by atoms with Gasteiger partial charge >= 0.3 is 0 Å². The fourth-order valence-electron chi connectivity index (χ4n) is 2.53. The number of nitrogens with one attached hydrogen (secondary N) is 1. The first-order valence-corrected chi connectivity index (χ1v) is 7.31. The number of benzene rings is 1. The monoisotopic (exact) mass is 278 g/mol. The molecule has 1 aliphatic rings. The topological polar surface area (TPSA) is 33.7 Å². The molecule has 0 radical (unpaired) electrons. The maximum absolute atomic E-state index is 5.88. The van der Waals surface area contributed by atoms with Crippen LogP contribution in [0.4, 0.5) is 0 Å². The number of ether oxygens (including phenoxy) is 2. The molecule has 0 atom stereocenters. The molecule has 1 aromatic rings. The van der Waals surface area contributed by atoms with E-state index in [4.69, 9.17) is 9.47 Å². The first-order chi connectivity index (χ1) is 9.62. The van der Waals surface area contributed by atoms with E-state index in [-0.39, 0.29) is 5.54 Å². The number of morpholine rings is 1. The second-order valence-electron chi connectivity index (χ2n) is 5.88. The van der Waals surface area contributed by atoms with Crippen LogP contribution in [0.5, 0.6) is 5.75 Å². The maximum atomic E-state index is 5.88. The largest absolute Gasteiger partial charge is 0.492 e. The predicted octanol–water partition coefficient (Wildman–Crippen LogP) is 1.90. The van der Waals surface area contributed by atoms with Crippen LogP contribution in [0, 0.1) is 0 Å². The van der Waals surface area contributed by atoms with Gasteiger partial charge in [0.1, 0.15) is 12.4 Å². The lowest BCUT2D eigenvalue weighted by atomic mass is 10.0. The van der Waals surface area contributed by atoms with Gasteiger partial charge in [0, 0.05) is 25.2 Å². The van der Waals surface area contributed by atoms with Crippen molar-refractivity contribution < 1.29 is 9.47 Å². The highest BCUT2D eigenvalue weighted by atomic mass is 16.5. The van der Waals surface area contributed by atoms with Crippen molar-refractivity contribution in [2.45, 2.75) is 25.9 Å². The number of nitrogens with zero attached hydrogens (tertiary/aromatic N) is 1. The highest BCUT2D eigenvalue weighted by Crippen LogP contribution is 2.19. The van der Waals surface area contributed by atoms with Crippen molar-refractivity contribution in [3.05, 3.63) is 29.8 Å². The van der Waals surface area contributed by atoms with Gasteiger partial charge in [-0.05, 0) is 38.6 Å². The molecule has 1 aliphatic heterocycles. The lowest BCUT2D eigenvalue weighted by Gasteiger charge is -2.41. The van der Waals surface area contributed by atoms with E-state index in [9.17, 15) is 0 Å². The van der Waals surface area contributed by atoms with Crippen molar-refractivity contribution in [2.75, 3.05) is 40.0 Å². The van der Waals surface area contributed by atoms with Crippen molar-refractivity contribution in [2.24, 2.45) is 0 Å². The van der Waals surface area contributed by atoms with Crippen LogP contribution in [0.2, 0.25) is 0 Å². The SMILES string of the molecule is CNCc1cccc(OCCN2CCOCC2(C)C)c1. The summed E-state index contributed by atoms with van der Waals surface area (Å²) in [7, 11) is 1.95. The van der Waals surface area contributed by atoms with Crippen LogP contribution in [0.15, 0.2) is 24.3 Å². The fraction of sp³-hybridized carbons (Fsp3) is 0.625. The lowest BCUT2D eigenvalue weighted by molar-refractivity contribution is -0.0547. The van der Waals surface area contributed by atoms with Gasteiger partial charge in [0.05, 0.1) is 13.2 Å². The molecule has 4 nitrogen and oxygen atoms in total. The second kappa shape index (κ2) is 7.07. The summed E-state index contributed by atoms with van der Waals surface area (Å²) in [4.78, 5) is 2.44. The van der Waals surface area contributed by atoms with Gasteiger partial charge in [-0.25, -0.2) is 0 Å². The van der Waals surface area contributed by atoms with Crippen molar-refractivity contribution in [1.29, 1.82) is 0 Å². The zero-order chi connectivity index (χ0) is 14.4. The average molecular weight is 278 g/mol. The molecule has 20 heavy (non-hydrogen) atoms. The second-order valence-corrected chi connectivity index (χ2v) is 5.88. The Kier molecular flexibility index (Phi) is 5.40. The molecular formula is C16H26N2O2. The third kappa shape index (κ3) is 4.20. The zero-order valence-corrected chi connectivity index (χ0v) is 12.8. The van der Waals surface area contributed by atoms with Gasteiger partial charge in [-0.15, -0.1) is 0 Å². The zero-order valence-electron chi connectivity index (χ0n) is 12.8. The molecule has 1 N–H and O–H groups in total. The fourth-order valence-corrected chi connectivity index (χ4v) is 2.53. The van der Waals surface area contributed by atoms with Crippen molar-refractivity contribution in [3.8, 4) is 5.75 Å². The van der Waals surface area contributed by atoms with Gasteiger partial charge in [-0.3, -0.25) is 4.90 Å². The van der Waals surface area contributed by atoms with Crippen molar-refractivity contribution in [3.63, 3.8) is 0 Å². The molecule has 1 saturated heterocycles. The van der Waals surface area contributed by atoms with Crippen LogP contribution in [0.1, 0.15) is 19.4 Å². The molecule has 4 heteroatoms. The van der Waals surface area contributed by atoms with Gasteiger partial charge < -0.3 is 14.8 Å². The van der Waals surface area contributed by atoms with Crippen LogP contribution >= 0.6 is 0 Å². The summed E-state index contributed by atoms with van der Waals surface area (Å²) < 4.78 is 11.4. The Balaban J connectivity index is 1.81. The standard InChI is InChI=1S/C16H26N2O2/c1-16(2)13-19-9-7-18(16)8-10-20-15-6-4-5-14(11-15)12-17-3/h4-6,11,17H,7-10,12-13H2,1-3H3. The van der Waals surface area contributed by atoms with Crippen LogP contribution < -0.4 is 10.1 Å². The minimum absolute atomic E-state index is 0.107. The van der Waals surface area contributed by atoms with Crippen LogP contribution in [0.3, 0.4) is 0 Å². The molecule has 1 aromatic carbocycles. The van der Waals surface area contributed by atoms with Gasteiger partial charge in [0.2, 0.25) is 0 Å². The highest BCUT2D eigenvalue weighted by Gasteiger charge is 2.29. The number of rotatable bonds is 6. The number of hydrogen-bond acceptors (Lipinski definition) is 4. The van der Waals surface area contributed by atoms with E-state index in [0.717, 1.165) is 38.6 Å². The highest BCUT2D eigenvalue weighted by molar-refractivity contribution is 5.28. The molecule has 0 spiro atoms. The summed E-state index contributed by atoms with van der Waals surface area (Å²) in [5.41, 5.74) is 1.35. The van der Waals surface area contributed by atoms with Gasteiger partial charge in [-0.1, -0.05) is 12.1 Å². The summed E-state index contributed by atoms with van der Waals surface area (Å²) in [6, 6.07) is 8.26. The Morgan fingerprint density at radius 2 is 2.25 bits per heavy atom. The molecule has 0 saturated carbocycles. The summed E-state index contributed by atoms with van der Waals surface area (Å²) in [5.74, 6) is 0.948. The van der Waals surface area contributed by atoms with E-state index >= 15 is 0 Å². The van der Waals surface area contributed by atoms with E-state index in [0.29, 0.717) is 6.61 Å². The van der Waals surface area contributed by atoms with Crippen LogP contribution in [0.25, 0.3) is 0 Å². The molecule has 0 amide bonds. The molecular weight excluding hydrogens is 252 g/mol. The molecule has 0 aliphatic carbocycles. The minimum Gasteiger partial charge on any atom is -0.492 e. The van der Waals surface area contributed by atoms with E-state index in [1.54, 1.807) is 0 Å². The van der Waals surface area contributed by atoms with Crippen molar-refractivity contribution >= 4 is 0 Å².